The Balaban J connectivity index is 3.64. The monoisotopic (exact) mass is 437 g/mol. The van der Waals surface area contributed by atoms with Crippen molar-refractivity contribution in [3.05, 3.63) is 23.8 Å². The molecule has 1 aromatic rings. The third-order valence-corrected chi connectivity index (χ3v) is 4.32. The highest BCUT2D eigenvalue weighted by atomic mass is 79.9. The Kier molecular flexibility index (Phi) is 5.08. The van der Waals surface area contributed by atoms with Gasteiger partial charge in [0.05, 0.1) is 4.90 Å². The smallest absolute Gasteiger partial charge is 0.398 e. The summed E-state index contributed by atoms with van der Waals surface area (Å²) < 4.78 is 127. The Morgan fingerprint density at radius 3 is 1.78 bits per heavy atom. The van der Waals surface area contributed by atoms with E-state index in [1.54, 1.807) is 0 Å². The first-order chi connectivity index (χ1) is 10.0. The molecule has 0 amide bonds. The lowest BCUT2D eigenvalue weighted by Gasteiger charge is -2.32. The van der Waals surface area contributed by atoms with E-state index in [-0.39, 0.29) is 12.1 Å². The third kappa shape index (κ3) is 3.59. The Morgan fingerprint density at radius 2 is 1.43 bits per heavy atom. The number of alkyl halides is 10. The molecule has 0 aliphatic rings. The van der Waals surface area contributed by atoms with Gasteiger partial charge in [-0.2, -0.15) is 35.1 Å². The van der Waals surface area contributed by atoms with Crippen LogP contribution in [0.1, 0.15) is 5.56 Å². The van der Waals surface area contributed by atoms with Crippen LogP contribution in [0.3, 0.4) is 0 Å². The number of halogens is 10. The molecule has 0 fully saturated rings. The highest BCUT2D eigenvalue weighted by Gasteiger charge is 2.71. The standard InChI is InChI=1S/C10H5BrF9NOS/c11-8(13,14)7(12,9(15,16)17)4-1-2-5(21)6(3-4)23(22)10(18,19)20/h1-3H,21H2. The summed E-state index contributed by atoms with van der Waals surface area (Å²) in [5, 5.41) is 0. The van der Waals surface area contributed by atoms with Gasteiger partial charge in [-0.05, 0) is 28.1 Å². The SMILES string of the molecule is Nc1ccc(C(F)(C(F)(F)F)C(F)(F)Br)cc1S(=O)C(F)(F)F. The summed E-state index contributed by atoms with van der Waals surface area (Å²) in [5.74, 6) is 0. The van der Waals surface area contributed by atoms with E-state index in [4.69, 9.17) is 5.73 Å². The molecule has 1 rings (SSSR count). The molecule has 0 saturated carbocycles. The van der Waals surface area contributed by atoms with Gasteiger partial charge in [0, 0.05) is 11.3 Å². The molecule has 0 aromatic heterocycles. The van der Waals surface area contributed by atoms with Gasteiger partial charge in [0.15, 0.2) is 10.8 Å². The molecule has 132 valence electrons. The van der Waals surface area contributed by atoms with Crippen LogP contribution in [0.25, 0.3) is 0 Å². The summed E-state index contributed by atoms with van der Waals surface area (Å²) in [7, 11) is -3.93. The fourth-order valence-electron chi connectivity index (χ4n) is 1.52. The van der Waals surface area contributed by atoms with Crippen LogP contribution in [0.2, 0.25) is 0 Å². The number of hydrogen-bond donors (Lipinski definition) is 1. The molecule has 2 nitrogen and oxygen atoms in total. The Morgan fingerprint density at radius 1 is 0.957 bits per heavy atom. The second kappa shape index (κ2) is 5.83. The normalized spacial score (nSPS) is 17.7. The van der Waals surface area contributed by atoms with E-state index in [0.29, 0.717) is 6.07 Å². The van der Waals surface area contributed by atoms with Crippen LogP contribution in [0.15, 0.2) is 23.1 Å². The molecule has 2 atom stereocenters. The number of hydrogen-bond acceptors (Lipinski definition) is 2. The van der Waals surface area contributed by atoms with Crippen molar-refractivity contribution >= 4 is 32.4 Å². The van der Waals surface area contributed by atoms with Crippen molar-refractivity contribution < 1.29 is 43.7 Å². The van der Waals surface area contributed by atoms with Gasteiger partial charge in [0.25, 0.3) is 0 Å². The predicted octanol–water partition coefficient (Wildman–Crippen LogP) is 4.61. The van der Waals surface area contributed by atoms with Gasteiger partial charge in [0.2, 0.25) is 0 Å². The van der Waals surface area contributed by atoms with Crippen LogP contribution >= 0.6 is 15.9 Å². The van der Waals surface area contributed by atoms with E-state index in [1.807, 2.05) is 0 Å². The highest BCUT2D eigenvalue weighted by Crippen LogP contribution is 2.55. The zero-order valence-electron chi connectivity index (χ0n) is 10.4. The molecular formula is C10H5BrF9NOS. The van der Waals surface area contributed by atoms with Crippen molar-refractivity contribution in [2.24, 2.45) is 0 Å². The number of anilines is 1. The first-order valence-electron chi connectivity index (χ1n) is 5.24. The van der Waals surface area contributed by atoms with Gasteiger partial charge in [0.1, 0.15) is 0 Å². The number of nitrogens with two attached hydrogens (primary N) is 1. The molecule has 0 heterocycles. The van der Waals surface area contributed by atoms with E-state index < -0.39 is 49.1 Å². The Bertz CT molecular complexity index is 608. The molecule has 0 radical (unpaired) electrons. The van der Waals surface area contributed by atoms with Crippen LogP contribution in [-0.4, -0.2) is 20.7 Å². The molecule has 0 spiro atoms. The summed E-state index contributed by atoms with van der Waals surface area (Å²) in [6, 6.07) is 0.212. The zero-order valence-corrected chi connectivity index (χ0v) is 12.8. The molecule has 0 aliphatic carbocycles. The molecule has 0 bridgehead atoms. The van der Waals surface area contributed by atoms with Crippen LogP contribution < -0.4 is 5.73 Å². The summed E-state index contributed by atoms with van der Waals surface area (Å²) in [6.07, 6.45) is -6.19. The maximum atomic E-state index is 14.1. The lowest BCUT2D eigenvalue weighted by atomic mass is 9.95. The molecule has 13 heteroatoms. The van der Waals surface area contributed by atoms with E-state index in [0.717, 1.165) is 0 Å². The lowest BCUT2D eigenvalue weighted by Crippen LogP contribution is -2.49. The minimum atomic E-state index is -6.19. The summed E-state index contributed by atoms with van der Waals surface area (Å²) in [5.41, 5.74) is -8.52. The van der Waals surface area contributed by atoms with E-state index >= 15 is 0 Å². The van der Waals surface area contributed by atoms with Gasteiger partial charge in [-0.1, -0.05) is 6.07 Å². The first kappa shape index (κ1) is 20.1. The number of nitrogen functional groups attached to an aromatic ring is 1. The second-order valence-electron chi connectivity index (χ2n) is 4.12. The molecule has 2 N–H and O–H groups in total. The van der Waals surface area contributed by atoms with Crippen molar-refractivity contribution in [1.29, 1.82) is 0 Å². The van der Waals surface area contributed by atoms with E-state index in [9.17, 15) is 43.7 Å². The number of rotatable bonds is 3. The highest BCUT2D eigenvalue weighted by molar-refractivity contribution is 9.10. The maximum absolute atomic E-state index is 14.1. The molecular weight excluding hydrogens is 433 g/mol. The van der Waals surface area contributed by atoms with Crippen molar-refractivity contribution in [2.75, 3.05) is 5.73 Å². The first-order valence-corrected chi connectivity index (χ1v) is 7.18. The molecule has 0 aliphatic heterocycles. The van der Waals surface area contributed by atoms with Crippen molar-refractivity contribution in [2.45, 2.75) is 27.1 Å². The zero-order chi connectivity index (χ0) is 18.4. The lowest BCUT2D eigenvalue weighted by molar-refractivity contribution is -0.282. The molecule has 0 saturated heterocycles. The van der Waals surface area contributed by atoms with Gasteiger partial charge in [-0.25, -0.2) is 8.60 Å². The van der Waals surface area contributed by atoms with Crippen LogP contribution in [0.4, 0.5) is 45.2 Å². The van der Waals surface area contributed by atoms with Crippen LogP contribution in [0.5, 0.6) is 0 Å². The fraction of sp³-hybridized carbons (Fsp3) is 0.400. The quantitative estimate of drug-likeness (QED) is 0.426. The predicted molar refractivity (Wildman–Crippen MR) is 66.0 cm³/mol. The minimum Gasteiger partial charge on any atom is -0.398 e. The Hall–Kier alpha value is -0.980. The summed E-state index contributed by atoms with van der Waals surface area (Å²) in [4.78, 5) is -6.66. The van der Waals surface area contributed by atoms with Crippen molar-refractivity contribution in [3.63, 3.8) is 0 Å². The van der Waals surface area contributed by atoms with Crippen molar-refractivity contribution in [3.8, 4) is 0 Å². The van der Waals surface area contributed by atoms with E-state index in [1.165, 1.54) is 15.9 Å². The third-order valence-electron chi connectivity index (χ3n) is 2.60. The fourth-order valence-corrected chi connectivity index (χ4v) is 2.74. The van der Waals surface area contributed by atoms with Crippen molar-refractivity contribution in [1.82, 2.24) is 0 Å². The second-order valence-corrected chi connectivity index (χ2v) is 6.56. The average molecular weight is 438 g/mol. The van der Waals surface area contributed by atoms with Gasteiger partial charge in [-0.3, -0.25) is 0 Å². The minimum absolute atomic E-state index is 0.134. The number of benzene rings is 1. The molecule has 1 aromatic carbocycles. The molecule has 2 unspecified atom stereocenters. The topological polar surface area (TPSA) is 43.1 Å². The van der Waals surface area contributed by atoms with E-state index in [2.05, 4.69) is 0 Å². The molecule has 23 heavy (non-hydrogen) atoms. The average Bonchev–Trinajstić information content (AvgIpc) is 2.33. The van der Waals surface area contributed by atoms with Gasteiger partial charge >= 0.3 is 22.2 Å². The summed E-state index contributed by atoms with van der Waals surface area (Å²) in [6.45, 7) is 0. The largest absolute Gasteiger partial charge is 0.475 e. The van der Waals surface area contributed by atoms with Gasteiger partial charge < -0.3 is 5.73 Å². The Labute approximate surface area is 133 Å². The maximum Gasteiger partial charge on any atom is 0.475 e. The van der Waals surface area contributed by atoms with Gasteiger partial charge in [-0.15, -0.1) is 0 Å². The summed E-state index contributed by atoms with van der Waals surface area (Å²) >= 11 is 1.24. The van der Waals surface area contributed by atoms with Crippen LogP contribution in [0, 0.1) is 0 Å². The van der Waals surface area contributed by atoms with Crippen LogP contribution in [-0.2, 0) is 16.5 Å².